The smallest absolute Gasteiger partial charge is 0.235 e. The fourth-order valence-electron chi connectivity index (χ4n) is 2.19. The van der Waals surface area contributed by atoms with E-state index in [2.05, 4.69) is 0 Å². The molecule has 5 heteroatoms. The standard InChI is InChI=1S/C10H18N2OS.ClH/c11-8-3-1-5-12(7-8)10(13)9-4-2-6-14-9;/h8-9H,1-7,11H2;1H/t8-,9?;/m1./s1. The molecule has 1 unspecified atom stereocenters. The molecule has 0 aliphatic carbocycles. The van der Waals surface area contributed by atoms with Crippen molar-refractivity contribution in [1.82, 2.24) is 4.90 Å². The molecule has 0 bridgehead atoms. The van der Waals surface area contributed by atoms with E-state index in [4.69, 9.17) is 5.73 Å². The number of carbonyl (C=O) groups is 1. The SMILES string of the molecule is Cl.N[C@@H]1CCCN(C(=O)C2CCCS2)C1. The molecule has 0 spiro atoms. The number of likely N-dealkylation sites (tertiary alicyclic amines) is 1. The van der Waals surface area contributed by atoms with E-state index in [1.807, 2.05) is 16.7 Å². The molecular formula is C10H19ClN2OS. The molecule has 3 nitrogen and oxygen atoms in total. The quantitative estimate of drug-likeness (QED) is 0.762. The van der Waals surface area contributed by atoms with Crippen molar-refractivity contribution in [1.29, 1.82) is 0 Å². The van der Waals surface area contributed by atoms with Crippen LogP contribution in [0.1, 0.15) is 25.7 Å². The Bertz CT molecular complexity index is 221. The minimum Gasteiger partial charge on any atom is -0.340 e. The van der Waals surface area contributed by atoms with Gasteiger partial charge in [0.25, 0.3) is 0 Å². The summed E-state index contributed by atoms with van der Waals surface area (Å²) in [5, 5.41) is 0.236. The number of thioether (sulfide) groups is 1. The second-order valence-corrected chi connectivity index (χ2v) is 5.50. The first-order valence-electron chi connectivity index (χ1n) is 5.43. The highest BCUT2D eigenvalue weighted by atomic mass is 35.5. The average molecular weight is 251 g/mol. The van der Waals surface area contributed by atoms with Gasteiger partial charge in [0.15, 0.2) is 0 Å². The van der Waals surface area contributed by atoms with Crippen LogP contribution in [0.2, 0.25) is 0 Å². The molecule has 2 aliphatic heterocycles. The molecule has 15 heavy (non-hydrogen) atoms. The van der Waals surface area contributed by atoms with Gasteiger partial charge in [0.2, 0.25) is 5.91 Å². The van der Waals surface area contributed by atoms with Gasteiger partial charge in [-0.25, -0.2) is 0 Å². The summed E-state index contributed by atoms with van der Waals surface area (Å²) < 4.78 is 0. The van der Waals surface area contributed by atoms with E-state index in [9.17, 15) is 4.79 Å². The molecule has 2 aliphatic rings. The highest BCUT2D eigenvalue weighted by Crippen LogP contribution is 2.28. The van der Waals surface area contributed by atoms with Crippen LogP contribution >= 0.6 is 24.2 Å². The third-order valence-electron chi connectivity index (χ3n) is 2.97. The molecule has 2 atom stereocenters. The zero-order valence-corrected chi connectivity index (χ0v) is 10.5. The molecule has 2 N–H and O–H groups in total. The number of hydrogen-bond acceptors (Lipinski definition) is 3. The molecule has 2 saturated heterocycles. The van der Waals surface area contributed by atoms with Gasteiger partial charge >= 0.3 is 0 Å². The number of nitrogens with zero attached hydrogens (tertiary/aromatic N) is 1. The number of rotatable bonds is 1. The first-order chi connectivity index (χ1) is 6.77. The topological polar surface area (TPSA) is 46.3 Å². The van der Waals surface area contributed by atoms with Crippen LogP contribution in [0.15, 0.2) is 0 Å². The monoisotopic (exact) mass is 250 g/mol. The summed E-state index contributed by atoms with van der Waals surface area (Å²) in [5.41, 5.74) is 5.86. The Labute approximate surface area is 102 Å². The van der Waals surface area contributed by atoms with Crippen LogP contribution in [0.5, 0.6) is 0 Å². The second-order valence-electron chi connectivity index (χ2n) is 4.19. The Morgan fingerprint density at radius 3 is 2.73 bits per heavy atom. The van der Waals surface area contributed by atoms with Crippen molar-refractivity contribution >= 4 is 30.1 Å². The lowest BCUT2D eigenvalue weighted by Crippen LogP contribution is -2.48. The van der Waals surface area contributed by atoms with Gasteiger partial charge in [0.1, 0.15) is 0 Å². The van der Waals surface area contributed by atoms with E-state index >= 15 is 0 Å². The molecule has 2 fully saturated rings. The van der Waals surface area contributed by atoms with Gasteiger partial charge in [0, 0.05) is 19.1 Å². The molecule has 0 radical (unpaired) electrons. The molecule has 0 aromatic rings. The van der Waals surface area contributed by atoms with Crippen LogP contribution in [0, 0.1) is 0 Å². The average Bonchev–Trinajstić information content (AvgIpc) is 2.69. The van der Waals surface area contributed by atoms with E-state index in [0.29, 0.717) is 5.91 Å². The van der Waals surface area contributed by atoms with E-state index in [1.165, 1.54) is 6.42 Å². The van der Waals surface area contributed by atoms with Gasteiger partial charge in [0.05, 0.1) is 5.25 Å². The number of hydrogen-bond donors (Lipinski definition) is 1. The van der Waals surface area contributed by atoms with Crippen LogP contribution < -0.4 is 5.73 Å². The van der Waals surface area contributed by atoms with E-state index < -0.39 is 0 Å². The maximum absolute atomic E-state index is 12.0. The number of nitrogens with two attached hydrogens (primary N) is 1. The minimum absolute atomic E-state index is 0. The zero-order valence-electron chi connectivity index (χ0n) is 8.85. The first-order valence-corrected chi connectivity index (χ1v) is 6.48. The van der Waals surface area contributed by atoms with Gasteiger partial charge in [-0.05, 0) is 31.4 Å². The van der Waals surface area contributed by atoms with Gasteiger partial charge < -0.3 is 10.6 Å². The fourth-order valence-corrected chi connectivity index (χ4v) is 3.43. The van der Waals surface area contributed by atoms with Crippen molar-refractivity contribution < 1.29 is 4.79 Å². The normalized spacial score (nSPS) is 31.1. The Kier molecular flexibility index (Phi) is 5.23. The molecule has 2 heterocycles. The predicted molar refractivity (Wildman–Crippen MR) is 66.5 cm³/mol. The summed E-state index contributed by atoms with van der Waals surface area (Å²) in [4.78, 5) is 14.0. The van der Waals surface area contributed by atoms with Crippen molar-refractivity contribution in [3.63, 3.8) is 0 Å². The van der Waals surface area contributed by atoms with Crippen molar-refractivity contribution in [3.8, 4) is 0 Å². The Balaban J connectivity index is 0.00000112. The number of carbonyl (C=O) groups excluding carboxylic acids is 1. The number of piperidine rings is 1. The third-order valence-corrected chi connectivity index (χ3v) is 4.34. The molecule has 1 amide bonds. The number of amides is 1. The number of halogens is 1. The van der Waals surface area contributed by atoms with Crippen molar-refractivity contribution in [3.05, 3.63) is 0 Å². The summed E-state index contributed by atoms with van der Waals surface area (Å²) >= 11 is 1.81. The third kappa shape index (κ3) is 3.26. The van der Waals surface area contributed by atoms with Crippen LogP contribution in [0.25, 0.3) is 0 Å². The summed E-state index contributed by atoms with van der Waals surface area (Å²) in [7, 11) is 0. The lowest BCUT2D eigenvalue weighted by molar-refractivity contribution is -0.131. The highest BCUT2D eigenvalue weighted by Gasteiger charge is 2.29. The van der Waals surface area contributed by atoms with Crippen LogP contribution in [0.4, 0.5) is 0 Å². The maximum Gasteiger partial charge on any atom is 0.235 e. The minimum atomic E-state index is 0. The first kappa shape index (κ1) is 13.1. The zero-order chi connectivity index (χ0) is 9.97. The lowest BCUT2D eigenvalue weighted by Gasteiger charge is -2.32. The molecule has 0 aromatic carbocycles. The van der Waals surface area contributed by atoms with E-state index in [0.717, 1.165) is 38.1 Å². The summed E-state index contributed by atoms with van der Waals surface area (Å²) in [6.45, 7) is 1.69. The van der Waals surface area contributed by atoms with Crippen molar-refractivity contribution in [2.75, 3.05) is 18.8 Å². The van der Waals surface area contributed by atoms with Crippen LogP contribution in [-0.2, 0) is 4.79 Å². The maximum atomic E-state index is 12.0. The molecular weight excluding hydrogens is 232 g/mol. The van der Waals surface area contributed by atoms with Gasteiger partial charge in [-0.1, -0.05) is 0 Å². The Hall–Kier alpha value is 0.0700. The van der Waals surface area contributed by atoms with Gasteiger partial charge in [-0.3, -0.25) is 4.79 Å². The van der Waals surface area contributed by atoms with E-state index in [1.54, 1.807) is 0 Å². The molecule has 0 aromatic heterocycles. The predicted octanol–water partition coefficient (Wildman–Crippen LogP) is 1.25. The van der Waals surface area contributed by atoms with Crippen molar-refractivity contribution in [2.45, 2.75) is 37.0 Å². The van der Waals surface area contributed by atoms with Crippen LogP contribution in [0.3, 0.4) is 0 Å². The second kappa shape index (κ2) is 5.97. The molecule has 88 valence electrons. The van der Waals surface area contributed by atoms with E-state index in [-0.39, 0.29) is 23.7 Å². The van der Waals surface area contributed by atoms with Crippen LogP contribution in [-0.4, -0.2) is 40.9 Å². The Morgan fingerprint density at radius 2 is 2.13 bits per heavy atom. The lowest BCUT2D eigenvalue weighted by atomic mass is 10.1. The van der Waals surface area contributed by atoms with Gasteiger partial charge in [-0.2, -0.15) is 0 Å². The summed E-state index contributed by atoms with van der Waals surface area (Å²) in [6.07, 6.45) is 4.40. The molecule has 0 saturated carbocycles. The summed E-state index contributed by atoms with van der Waals surface area (Å²) in [6, 6.07) is 0.208. The highest BCUT2D eigenvalue weighted by molar-refractivity contribution is 8.00. The van der Waals surface area contributed by atoms with Gasteiger partial charge in [-0.15, -0.1) is 24.2 Å². The fraction of sp³-hybridized carbons (Fsp3) is 0.900. The molecule has 2 rings (SSSR count). The Morgan fingerprint density at radius 1 is 1.33 bits per heavy atom. The van der Waals surface area contributed by atoms with Crippen molar-refractivity contribution in [2.24, 2.45) is 5.73 Å². The largest absolute Gasteiger partial charge is 0.340 e. The summed E-state index contributed by atoms with van der Waals surface area (Å²) in [5.74, 6) is 1.48.